The van der Waals surface area contributed by atoms with E-state index in [1.54, 1.807) is 7.11 Å². The van der Waals surface area contributed by atoms with Crippen LogP contribution in [0.15, 0.2) is 72.9 Å². The Morgan fingerprint density at radius 3 is 2.50 bits per heavy atom. The molecule has 1 amide bonds. The summed E-state index contributed by atoms with van der Waals surface area (Å²) in [6.45, 7) is 5.10. The Hall–Kier alpha value is -3.88. The Balaban J connectivity index is 1.12. The molecule has 7 rings (SSSR count). The van der Waals surface area contributed by atoms with Crippen molar-refractivity contribution in [1.29, 1.82) is 0 Å². The van der Waals surface area contributed by atoms with Gasteiger partial charge in [0.1, 0.15) is 5.75 Å². The Labute approximate surface area is 304 Å². The molecule has 0 spiro atoms. The van der Waals surface area contributed by atoms with Crippen LogP contribution >= 0.6 is 23.2 Å². The molecule has 1 aromatic heterocycles. The van der Waals surface area contributed by atoms with Crippen LogP contribution in [0.3, 0.4) is 0 Å². The van der Waals surface area contributed by atoms with Crippen molar-refractivity contribution in [2.24, 2.45) is 0 Å². The van der Waals surface area contributed by atoms with Crippen LogP contribution in [-0.2, 0) is 30.8 Å². The van der Waals surface area contributed by atoms with Crippen molar-refractivity contribution in [3.05, 3.63) is 105 Å². The molecule has 0 bridgehead atoms. The summed E-state index contributed by atoms with van der Waals surface area (Å²) in [6, 6.07) is 24.0. The van der Waals surface area contributed by atoms with Crippen LogP contribution in [0.2, 0.25) is 10.0 Å². The third-order valence-electron chi connectivity index (χ3n) is 10.6. The second kappa shape index (κ2) is 15.2. The van der Waals surface area contributed by atoms with Crippen LogP contribution < -0.4 is 15.4 Å². The van der Waals surface area contributed by atoms with Crippen LogP contribution in [0.5, 0.6) is 5.75 Å². The van der Waals surface area contributed by atoms with Crippen LogP contribution in [0.1, 0.15) is 61.3 Å². The van der Waals surface area contributed by atoms with E-state index in [2.05, 4.69) is 78.0 Å². The fourth-order valence-electron chi connectivity index (χ4n) is 7.39. The molecule has 1 atom stereocenters. The summed E-state index contributed by atoms with van der Waals surface area (Å²) in [7, 11) is 3.92. The predicted octanol–water partition coefficient (Wildman–Crippen LogP) is 8.65. The zero-order valence-electron chi connectivity index (χ0n) is 29.1. The Bertz CT molecular complexity index is 2020. The maximum absolute atomic E-state index is 11.5. The van der Waals surface area contributed by atoms with Crippen molar-refractivity contribution < 1.29 is 9.53 Å². The first kappa shape index (κ1) is 34.6. The molecule has 1 saturated carbocycles. The first-order valence-electron chi connectivity index (χ1n) is 17.7. The number of benzene rings is 4. The summed E-state index contributed by atoms with van der Waals surface area (Å²) >= 11 is 14.2. The number of aromatic nitrogens is 2. The van der Waals surface area contributed by atoms with Crippen molar-refractivity contribution in [1.82, 2.24) is 25.3 Å². The molecule has 1 aliphatic heterocycles. The number of ether oxygens (including phenoxy) is 1. The maximum Gasteiger partial charge on any atom is 0.220 e. The van der Waals surface area contributed by atoms with Crippen molar-refractivity contribution in [2.75, 3.05) is 20.7 Å². The van der Waals surface area contributed by atoms with E-state index in [0.717, 1.165) is 81.0 Å². The highest BCUT2D eigenvalue weighted by Gasteiger charge is 2.23. The first-order valence-corrected chi connectivity index (χ1v) is 18.5. The van der Waals surface area contributed by atoms with E-state index in [1.165, 1.54) is 30.4 Å². The number of rotatable bonds is 13. The second-order valence-electron chi connectivity index (χ2n) is 13.7. The van der Waals surface area contributed by atoms with Crippen molar-refractivity contribution in [2.45, 2.75) is 77.2 Å². The second-order valence-corrected chi connectivity index (χ2v) is 14.5. The predicted molar refractivity (Wildman–Crippen MR) is 204 cm³/mol. The minimum atomic E-state index is 0.127. The standard InChI is InChI=1S/C41H45Cl2N5O2/c1-4-26-18-30(37(42)19-29(26)24-47(2)32-8-5-9-32)25-48-38-13-7-11-34(36(38)23-45-48)35-12-6-10-33(41(35)43)27-14-15-28(39(20-27)50-3)21-44-22-31-16-17-40(49)46-31/h6-7,10-15,18-20,23,31-32,44H,4-5,8-9,16-17,21-22,24-25H2,1-3H3,(H,46,49). The number of aryl methyl sites for hydroxylation is 1. The van der Waals surface area contributed by atoms with Crippen LogP contribution in [0, 0.1) is 0 Å². The summed E-state index contributed by atoms with van der Waals surface area (Å²) in [5.41, 5.74) is 9.70. The van der Waals surface area contributed by atoms with Gasteiger partial charge in [-0.05, 0) is 78.7 Å². The molecule has 1 aliphatic carbocycles. The number of fused-ring (bicyclic) bond motifs is 1. The molecular weight excluding hydrogens is 665 g/mol. The molecule has 2 N–H and O–H groups in total. The average Bonchev–Trinajstić information content (AvgIpc) is 3.70. The number of methoxy groups -OCH3 is 1. The number of halogens is 2. The third kappa shape index (κ3) is 7.15. The number of nitrogens with zero attached hydrogens (tertiary/aromatic N) is 3. The minimum Gasteiger partial charge on any atom is -0.496 e. The molecule has 50 heavy (non-hydrogen) atoms. The number of carbonyl (C=O) groups excluding carboxylic acids is 1. The summed E-state index contributed by atoms with van der Waals surface area (Å²) < 4.78 is 7.84. The van der Waals surface area contributed by atoms with E-state index in [0.29, 0.717) is 30.6 Å². The van der Waals surface area contributed by atoms with Gasteiger partial charge in [0.05, 0.1) is 30.4 Å². The zero-order chi connectivity index (χ0) is 34.8. The van der Waals surface area contributed by atoms with E-state index in [9.17, 15) is 4.79 Å². The van der Waals surface area contributed by atoms with E-state index < -0.39 is 0 Å². The molecule has 0 radical (unpaired) electrons. The molecule has 4 aromatic carbocycles. The first-order chi connectivity index (χ1) is 24.3. The summed E-state index contributed by atoms with van der Waals surface area (Å²) in [5, 5.41) is 13.8. The fraction of sp³-hybridized carbons (Fsp3) is 0.366. The SMILES string of the molecule is CCc1cc(Cn2ncc3c(-c4cccc(-c5ccc(CNCC6CCC(=O)N6)c(OC)c5)c4Cl)cccc32)c(Cl)cc1CN(C)C1CCC1. The summed E-state index contributed by atoms with van der Waals surface area (Å²) in [6.07, 6.45) is 8.28. The quantitative estimate of drug-likeness (QED) is 0.128. The fourth-order valence-corrected chi connectivity index (χ4v) is 7.97. The molecule has 2 aliphatic rings. The van der Waals surface area contributed by atoms with Gasteiger partial charge in [0.25, 0.3) is 0 Å². The smallest absolute Gasteiger partial charge is 0.220 e. The van der Waals surface area contributed by atoms with E-state index in [1.807, 2.05) is 29.1 Å². The lowest BCUT2D eigenvalue weighted by molar-refractivity contribution is -0.119. The van der Waals surface area contributed by atoms with Gasteiger partial charge in [0.2, 0.25) is 5.91 Å². The third-order valence-corrected chi connectivity index (χ3v) is 11.3. The molecule has 260 valence electrons. The number of amides is 1. The van der Waals surface area contributed by atoms with Gasteiger partial charge in [0.15, 0.2) is 0 Å². The molecule has 2 heterocycles. The molecule has 1 saturated heterocycles. The monoisotopic (exact) mass is 709 g/mol. The van der Waals surface area contributed by atoms with Crippen molar-refractivity contribution in [3.8, 4) is 28.0 Å². The summed E-state index contributed by atoms with van der Waals surface area (Å²) in [4.78, 5) is 14.0. The van der Waals surface area contributed by atoms with Gasteiger partial charge < -0.3 is 15.4 Å². The molecule has 9 heteroatoms. The topological polar surface area (TPSA) is 71.4 Å². The highest BCUT2D eigenvalue weighted by atomic mass is 35.5. The van der Waals surface area contributed by atoms with Gasteiger partial charge in [-0.1, -0.05) is 85.1 Å². The Morgan fingerprint density at radius 2 is 1.76 bits per heavy atom. The average molecular weight is 711 g/mol. The lowest BCUT2D eigenvalue weighted by Crippen LogP contribution is -2.36. The number of carbonyl (C=O) groups is 1. The van der Waals surface area contributed by atoms with E-state index in [-0.39, 0.29) is 11.9 Å². The van der Waals surface area contributed by atoms with E-state index in [4.69, 9.17) is 33.0 Å². The lowest BCUT2D eigenvalue weighted by atomic mass is 9.91. The molecule has 5 aromatic rings. The minimum absolute atomic E-state index is 0.127. The normalized spacial score (nSPS) is 16.3. The van der Waals surface area contributed by atoms with Gasteiger partial charge in [-0.15, -0.1) is 0 Å². The van der Waals surface area contributed by atoms with E-state index >= 15 is 0 Å². The molecule has 1 unspecified atom stereocenters. The van der Waals surface area contributed by atoms with Gasteiger partial charge in [0, 0.05) is 65.2 Å². The molecular formula is C41H45Cl2N5O2. The maximum atomic E-state index is 11.5. The van der Waals surface area contributed by atoms with Crippen LogP contribution in [0.4, 0.5) is 0 Å². The molecule has 2 fully saturated rings. The number of nitrogens with one attached hydrogen (secondary N) is 2. The van der Waals surface area contributed by atoms with Gasteiger partial charge >= 0.3 is 0 Å². The van der Waals surface area contributed by atoms with Crippen LogP contribution in [0.25, 0.3) is 33.2 Å². The largest absolute Gasteiger partial charge is 0.496 e. The van der Waals surface area contributed by atoms with Crippen molar-refractivity contribution >= 4 is 40.0 Å². The number of hydrogen-bond donors (Lipinski definition) is 2. The highest BCUT2D eigenvalue weighted by molar-refractivity contribution is 6.36. The summed E-state index contributed by atoms with van der Waals surface area (Å²) in [5.74, 6) is 0.917. The van der Waals surface area contributed by atoms with Crippen molar-refractivity contribution in [3.63, 3.8) is 0 Å². The molecule has 7 nitrogen and oxygen atoms in total. The van der Waals surface area contributed by atoms with Gasteiger partial charge in [-0.3, -0.25) is 14.4 Å². The van der Waals surface area contributed by atoms with Gasteiger partial charge in [-0.2, -0.15) is 5.10 Å². The Morgan fingerprint density at radius 1 is 0.960 bits per heavy atom. The zero-order valence-corrected chi connectivity index (χ0v) is 30.6. The lowest BCUT2D eigenvalue weighted by Gasteiger charge is -2.35. The van der Waals surface area contributed by atoms with Crippen LogP contribution in [-0.4, -0.2) is 53.4 Å². The number of hydrogen-bond acceptors (Lipinski definition) is 5. The highest BCUT2D eigenvalue weighted by Crippen LogP contribution is 2.40. The Kier molecular flexibility index (Phi) is 10.5. The van der Waals surface area contributed by atoms with Gasteiger partial charge in [-0.25, -0.2) is 0 Å².